The van der Waals surface area contributed by atoms with Gasteiger partial charge in [0.05, 0.1) is 120 Å². The minimum absolute atomic E-state index is 0.207. The number of carbonyl (C=O) groups excluding carboxylic acids is 2. The van der Waals surface area contributed by atoms with Crippen molar-refractivity contribution in [2.45, 2.75) is 197 Å². The van der Waals surface area contributed by atoms with Crippen LogP contribution in [0, 0.1) is 11.8 Å². The highest BCUT2D eigenvalue weighted by Gasteiger charge is 2.54. The van der Waals surface area contributed by atoms with Gasteiger partial charge in [0.1, 0.15) is 30.2 Å². The molecule has 0 aliphatic carbocycles. The van der Waals surface area contributed by atoms with E-state index in [-0.39, 0.29) is 36.9 Å². The first kappa shape index (κ1) is 73.1. The first-order valence-corrected chi connectivity index (χ1v) is 36.8. The van der Waals surface area contributed by atoms with E-state index in [0.717, 1.165) is 103 Å². The Hall–Kier alpha value is -7.70. The van der Waals surface area contributed by atoms with Crippen molar-refractivity contribution in [1.29, 1.82) is 0 Å². The van der Waals surface area contributed by atoms with Crippen LogP contribution in [0.2, 0.25) is 0 Å². The van der Waals surface area contributed by atoms with Gasteiger partial charge in [-0.05, 0) is 108 Å². The number of imide groups is 1. The SMILES string of the molecule is COc1ccc(COCCCCCCCCCC[C@@H]2OC[C@@H](C[C@@H]3O[C@H](COCc4ccccc4)[C@H](OCc4ccccc4)C[C@H]3C[C@@H]3O[C@@H](C)[C@@H](OCc4ccccc4)[C@@H](OCc4ccccc4)[C@@H]3OCc3ccccc3)[C@H](OCc3ccccc3)[C@H]2N2C(=O)c3ccccc3C2=O)cc1. The Morgan fingerprint density at radius 1 is 0.386 bits per heavy atom. The van der Waals surface area contributed by atoms with E-state index in [1.165, 1.54) is 4.90 Å². The molecule has 14 heteroatoms. The van der Waals surface area contributed by atoms with Gasteiger partial charge in [-0.2, -0.15) is 0 Å². The summed E-state index contributed by atoms with van der Waals surface area (Å²) in [6, 6.07) is 75.8. The summed E-state index contributed by atoms with van der Waals surface area (Å²) in [7, 11) is 1.68. The quantitative estimate of drug-likeness (QED) is 0.0268. The first-order valence-electron chi connectivity index (χ1n) is 36.8. The zero-order chi connectivity index (χ0) is 69.2. The van der Waals surface area contributed by atoms with E-state index in [1.807, 2.05) is 146 Å². The van der Waals surface area contributed by atoms with Crippen LogP contribution >= 0.6 is 0 Å². The maximum atomic E-state index is 15.1. The lowest BCUT2D eigenvalue weighted by molar-refractivity contribution is -0.269. The minimum atomic E-state index is -0.751. The van der Waals surface area contributed by atoms with Gasteiger partial charge in [0, 0.05) is 12.5 Å². The fourth-order valence-electron chi connectivity index (χ4n) is 15.0. The lowest BCUT2D eigenvalue weighted by atomic mass is 9.76. The van der Waals surface area contributed by atoms with Crippen molar-refractivity contribution in [2.24, 2.45) is 11.8 Å². The van der Waals surface area contributed by atoms with Crippen molar-refractivity contribution in [1.82, 2.24) is 4.90 Å². The van der Waals surface area contributed by atoms with Crippen LogP contribution in [-0.2, 0) is 93.6 Å². The summed E-state index contributed by atoms with van der Waals surface area (Å²) in [4.78, 5) is 31.7. The lowest BCUT2D eigenvalue weighted by Gasteiger charge is -2.50. The highest BCUT2D eigenvalue weighted by atomic mass is 16.6. The van der Waals surface area contributed by atoms with Gasteiger partial charge in [0.15, 0.2) is 0 Å². The lowest BCUT2D eigenvalue weighted by Crippen LogP contribution is -2.62. The molecule has 0 saturated carbocycles. The fourth-order valence-corrected chi connectivity index (χ4v) is 15.0. The molecular weight excluding hydrogens is 1270 g/mol. The molecule has 101 heavy (non-hydrogen) atoms. The van der Waals surface area contributed by atoms with E-state index in [0.29, 0.717) is 83.1 Å². The van der Waals surface area contributed by atoms with E-state index in [4.69, 9.17) is 52.1 Å². The first-order chi connectivity index (χ1) is 49.8. The van der Waals surface area contributed by atoms with Gasteiger partial charge in [-0.3, -0.25) is 14.5 Å². The topological polar surface area (TPSA) is 139 Å². The van der Waals surface area contributed by atoms with Gasteiger partial charge >= 0.3 is 0 Å². The molecule has 0 bridgehead atoms. The number of unbranched alkanes of at least 4 members (excludes halogenated alkanes) is 7. The molecule has 532 valence electrons. The Balaban J connectivity index is 0.836. The molecule has 4 aliphatic rings. The summed E-state index contributed by atoms with van der Waals surface area (Å²) >= 11 is 0. The molecule has 3 saturated heterocycles. The average Bonchev–Trinajstić information content (AvgIpc) is 1.66. The molecular formula is C87H101NO13. The monoisotopic (exact) mass is 1370 g/mol. The van der Waals surface area contributed by atoms with Crippen LogP contribution in [0.1, 0.15) is 144 Å². The Morgan fingerprint density at radius 2 is 0.812 bits per heavy atom. The molecule has 14 nitrogen and oxygen atoms in total. The van der Waals surface area contributed by atoms with E-state index in [9.17, 15) is 0 Å². The maximum Gasteiger partial charge on any atom is 0.261 e. The van der Waals surface area contributed by atoms with E-state index in [2.05, 4.69) is 79.7 Å². The van der Waals surface area contributed by atoms with Crippen molar-refractivity contribution in [3.05, 3.63) is 281 Å². The third-order valence-electron chi connectivity index (χ3n) is 20.4. The van der Waals surface area contributed by atoms with Gasteiger partial charge in [-0.1, -0.05) is 251 Å². The number of nitrogens with zero attached hydrogens (tertiary/aromatic N) is 1. The van der Waals surface area contributed by atoms with Crippen molar-refractivity contribution in [3.8, 4) is 5.75 Å². The predicted molar refractivity (Wildman–Crippen MR) is 390 cm³/mol. The molecule has 4 aliphatic heterocycles. The normalized spacial score (nSPS) is 24.3. The molecule has 8 aromatic rings. The molecule has 2 amide bonds. The summed E-state index contributed by atoms with van der Waals surface area (Å²) < 4.78 is 76.2. The molecule has 13 atom stereocenters. The largest absolute Gasteiger partial charge is 0.497 e. The summed E-state index contributed by atoms with van der Waals surface area (Å²) in [6.45, 7) is 6.04. The van der Waals surface area contributed by atoms with Gasteiger partial charge < -0.3 is 52.1 Å². The Kier molecular flexibility index (Phi) is 27.9. The fraction of sp³-hybridized carbons (Fsp3) is 0.425. The van der Waals surface area contributed by atoms with Crippen LogP contribution < -0.4 is 4.74 Å². The highest BCUT2D eigenvalue weighted by Crippen LogP contribution is 2.44. The number of benzene rings is 8. The van der Waals surface area contributed by atoms with Crippen LogP contribution in [0.15, 0.2) is 231 Å². The van der Waals surface area contributed by atoms with Crippen molar-refractivity contribution in [2.75, 3.05) is 26.9 Å². The summed E-state index contributed by atoms with van der Waals surface area (Å²) in [5.74, 6) is -0.374. The van der Waals surface area contributed by atoms with Gasteiger partial charge in [-0.25, -0.2) is 0 Å². The number of amides is 2. The smallest absolute Gasteiger partial charge is 0.261 e. The summed E-state index contributed by atoms with van der Waals surface area (Å²) in [5, 5.41) is 0. The molecule has 4 heterocycles. The third kappa shape index (κ3) is 20.8. The van der Waals surface area contributed by atoms with Gasteiger partial charge in [0.25, 0.3) is 11.8 Å². The molecule has 8 aromatic carbocycles. The minimum Gasteiger partial charge on any atom is -0.497 e. The number of methoxy groups -OCH3 is 1. The second kappa shape index (κ2) is 38.5. The number of fused-ring (bicyclic) bond motifs is 1. The van der Waals surface area contributed by atoms with E-state index in [1.54, 1.807) is 19.2 Å². The number of hydrogen-bond donors (Lipinski definition) is 0. The molecule has 0 unspecified atom stereocenters. The number of carbonyl (C=O) groups is 2. The van der Waals surface area contributed by atoms with Crippen LogP contribution in [0.25, 0.3) is 0 Å². The van der Waals surface area contributed by atoms with Crippen LogP contribution in [0.3, 0.4) is 0 Å². The predicted octanol–water partition coefficient (Wildman–Crippen LogP) is 16.9. The summed E-state index contributed by atoms with van der Waals surface area (Å²) in [5.41, 5.74) is 8.12. The molecule has 0 spiro atoms. The molecule has 0 radical (unpaired) electrons. The van der Waals surface area contributed by atoms with E-state index >= 15 is 9.59 Å². The van der Waals surface area contributed by atoms with Crippen molar-refractivity contribution >= 4 is 11.8 Å². The van der Waals surface area contributed by atoms with E-state index < -0.39 is 67.1 Å². The number of hydrogen-bond acceptors (Lipinski definition) is 13. The Morgan fingerprint density at radius 3 is 1.34 bits per heavy atom. The second-order valence-corrected chi connectivity index (χ2v) is 27.6. The summed E-state index contributed by atoms with van der Waals surface area (Å²) in [6.07, 6.45) is 5.63. The maximum absolute atomic E-state index is 15.1. The molecule has 0 N–H and O–H groups in total. The van der Waals surface area contributed by atoms with Crippen LogP contribution in [0.4, 0.5) is 0 Å². The molecule has 0 aromatic heterocycles. The zero-order valence-corrected chi connectivity index (χ0v) is 58.8. The molecule has 3 fully saturated rings. The average molecular weight is 1370 g/mol. The Labute approximate surface area is 597 Å². The number of ether oxygens (including phenoxy) is 11. The third-order valence-corrected chi connectivity index (χ3v) is 20.4. The Bertz CT molecular complexity index is 3650. The second-order valence-electron chi connectivity index (χ2n) is 27.6. The highest BCUT2D eigenvalue weighted by molar-refractivity contribution is 6.21. The van der Waals surface area contributed by atoms with Crippen LogP contribution in [-0.4, -0.2) is 111 Å². The number of rotatable bonds is 38. The standard InChI is InChI=1S/C87H101NO13/c1-63-82(96-57-66-35-19-11-20-36-66)85(99-60-69-41-25-14-26-42-69)84(98-59-68-39-23-13-24-40-68)79(100-63)52-71-51-78(94-56-65-33-17-10-18-34-65)80(62-93-55-64-31-15-9-16-32-64)101-77(71)53-72-61-95-76(45-27-7-5-3-4-6-8-30-50-92-54-70-46-48-73(91-2)49-47-70)81(83(72)97-58-67-37-21-12-22-38-67)88-86(89)74-43-28-29-44-75(74)87(88)90/h9-26,28-29,31-44,46-49,63,71-72,76-85H,3-8,27,30,45,50-62H2,1-2H3/t63-,71-,72+,76-,77-,78+,79-,80+,81-,82+,83-,84+,85+/m0/s1. The zero-order valence-electron chi connectivity index (χ0n) is 58.8. The van der Waals surface area contributed by atoms with Crippen molar-refractivity contribution < 1.29 is 61.7 Å². The van der Waals surface area contributed by atoms with Gasteiger partial charge in [-0.15, -0.1) is 0 Å². The van der Waals surface area contributed by atoms with Gasteiger partial charge in [0.2, 0.25) is 0 Å². The molecule has 12 rings (SSSR count). The van der Waals surface area contributed by atoms with Crippen molar-refractivity contribution in [3.63, 3.8) is 0 Å². The van der Waals surface area contributed by atoms with Crippen LogP contribution in [0.5, 0.6) is 5.75 Å².